The lowest BCUT2D eigenvalue weighted by Gasteiger charge is -2.12. The van der Waals surface area contributed by atoms with E-state index < -0.39 is 10.8 Å². The zero-order valence-electron chi connectivity index (χ0n) is 16.1. The van der Waals surface area contributed by atoms with Gasteiger partial charge >= 0.3 is 0 Å². The predicted octanol–water partition coefficient (Wildman–Crippen LogP) is 3.90. The van der Waals surface area contributed by atoms with Crippen molar-refractivity contribution < 1.29 is 9.72 Å². The molecule has 0 aliphatic heterocycles. The second-order valence-electron chi connectivity index (χ2n) is 6.60. The molecule has 1 amide bonds. The van der Waals surface area contributed by atoms with Crippen LogP contribution in [0.5, 0.6) is 0 Å². The van der Waals surface area contributed by atoms with Crippen LogP contribution in [0.3, 0.4) is 0 Å². The zero-order chi connectivity index (χ0) is 22.1. The second kappa shape index (κ2) is 7.96. The average Bonchev–Trinajstić information content (AvgIpc) is 2.74. The first-order valence-corrected chi connectivity index (χ1v) is 9.43. The maximum Gasteiger partial charge on any atom is 0.270 e. The van der Waals surface area contributed by atoms with E-state index in [4.69, 9.17) is 11.6 Å². The van der Waals surface area contributed by atoms with Crippen LogP contribution < -0.4 is 10.9 Å². The van der Waals surface area contributed by atoms with Gasteiger partial charge in [0.25, 0.3) is 17.2 Å². The van der Waals surface area contributed by atoms with E-state index in [2.05, 4.69) is 15.3 Å². The van der Waals surface area contributed by atoms with Gasteiger partial charge in [0.1, 0.15) is 5.82 Å². The summed E-state index contributed by atoms with van der Waals surface area (Å²) in [6.07, 6.45) is 1.58. The summed E-state index contributed by atoms with van der Waals surface area (Å²) >= 11 is 6.01. The summed E-state index contributed by atoms with van der Waals surface area (Å²) in [7, 11) is 0. The minimum Gasteiger partial charge on any atom is -0.322 e. The Morgan fingerprint density at radius 2 is 1.90 bits per heavy atom. The van der Waals surface area contributed by atoms with Crippen LogP contribution in [0.4, 0.5) is 11.4 Å². The van der Waals surface area contributed by atoms with E-state index in [0.29, 0.717) is 28.2 Å². The molecule has 0 unspecified atom stereocenters. The highest BCUT2D eigenvalue weighted by Gasteiger charge is 2.16. The van der Waals surface area contributed by atoms with E-state index in [1.807, 2.05) is 0 Å². The number of halogens is 1. The zero-order valence-corrected chi connectivity index (χ0v) is 16.8. The van der Waals surface area contributed by atoms with Gasteiger partial charge in [-0.3, -0.25) is 24.3 Å². The molecular weight excluding hydrogens is 422 g/mol. The van der Waals surface area contributed by atoms with Crippen molar-refractivity contribution >= 4 is 39.9 Å². The fourth-order valence-corrected chi connectivity index (χ4v) is 3.38. The Balaban J connectivity index is 1.61. The molecule has 1 N–H and O–H groups in total. The molecule has 2 heterocycles. The number of nitro groups is 1. The Labute approximate surface area is 180 Å². The summed E-state index contributed by atoms with van der Waals surface area (Å²) in [6, 6.07) is 13.6. The smallest absolute Gasteiger partial charge is 0.270 e. The summed E-state index contributed by atoms with van der Waals surface area (Å²) in [6.45, 7) is 1.71. The molecule has 0 radical (unpaired) electrons. The number of aryl methyl sites for hydroxylation is 1. The Bertz CT molecular complexity index is 1400. The van der Waals surface area contributed by atoms with Crippen LogP contribution in [0.2, 0.25) is 5.02 Å². The van der Waals surface area contributed by atoms with Crippen LogP contribution >= 0.6 is 11.6 Å². The van der Waals surface area contributed by atoms with Gasteiger partial charge < -0.3 is 5.32 Å². The number of nitro benzene ring substituents is 1. The lowest BCUT2D eigenvalue weighted by molar-refractivity contribution is -0.384. The fraction of sp³-hybridized carbons (Fsp3) is 0.0476. The van der Waals surface area contributed by atoms with Crippen molar-refractivity contribution in [2.24, 2.45) is 0 Å². The normalized spacial score (nSPS) is 10.8. The van der Waals surface area contributed by atoms with Crippen molar-refractivity contribution in [3.8, 4) is 5.69 Å². The number of fused-ring (bicyclic) bond motifs is 1. The monoisotopic (exact) mass is 435 g/mol. The van der Waals surface area contributed by atoms with E-state index in [-0.39, 0.29) is 21.8 Å². The molecule has 0 bridgehead atoms. The fourth-order valence-electron chi connectivity index (χ4n) is 3.12. The van der Waals surface area contributed by atoms with Crippen molar-refractivity contribution in [3.63, 3.8) is 0 Å². The first-order valence-electron chi connectivity index (χ1n) is 9.05. The number of hydrogen-bond donors (Lipinski definition) is 1. The summed E-state index contributed by atoms with van der Waals surface area (Å²) in [5, 5.41) is 13.9. The number of anilines is 1. The largest absolute Gasteiger partial charge is 0.322 e. The molecule has 154 valence electrons. The molecule has 0 aliphatic rings. The van der Waals surface area contributed by atoms with Crippen molar-refractivity contribution in [3.05, 3.63) is 97.7 Å². The van der Waals surface area contributed by atoms with Gasteiger partial charge in [0.15, 0.2) is 5.65 Å². The van der Waals surface area contributed by atoms with Crippen LogP contribution in [-0.2, 0) is 0 Å². The molecule has 9 nitrogen and oxygen atoms in total. The van der Waals surface area contributed by atoms with Gasteiger partial charge in [-0.15, -0.1) is 0 Å². The Hall–Kier alpha value is -4.11. The lowest BCUT2D eigenvalue weighted by atomic mass is 10.2. The van der Waals surface area contributed by atoms with Gasteiger partial charge in [0.05, 0.1) is 26.6 Å². The standard InChI is InChI=1S/C21H14ClN5O4/c1-12-24-19-17(3-2-10-23-19)21(29)26(12)14-6-4-13(5-7-14)25-20(28)16-9-8-15(27(30)31)11-18(16)22/h2-11H,1H3,(H,25,28). The second-order valence-corrected chi connectivity index (χ2v) is 7.00. The van der Waals surface area contributed by atoms with Gasteiger partial charge in [-0.2, -0.15) is 0 Å². The number of nitrogens with zero attached hydrogens (tertiary/aromatic N) is 4. The number of pyridine rings is 1. The Morgan fingerprint density at radius 1 is 1.16 bits per heavy atom. The number of benzene rings is 2. The molecule has 31 heavy (non-hydrogen) atoms. The summed E-state index contributed by atoms with van der Waals surface area (Å²) < 4.78 is 1.46. The number of amides is 1. The minimum absolute atomic E-state index is 0.0265. The van der Waals surface area contributed by atoms with Crippen molar-refractivity contribution in [1.82, 2.24) is 14.5 Å². The summed E-state index contributed by atoms with van der Waals surface area (Å²) in [4.78, 5) is 44.1. The van der Waals surface area contributed by atoms with E-state index in [9.17, 15) is 19.7 Å². The summed E-state index contributed by atoms with van der Waals surface area (Å²) in [5.41, 5.74) is 1.08. The van der Waals surface area contributed by atoms with Crippen LogP contribution in [0, 0.1) is 17.0 Å². The van der Waals surface area contributed by atoms with Crippen LogP contribution in [-0.4, -0.2) is 25.4 Å². The number of hydrogen-bond acceptors (Lipinski definition) is 6. The molecule has 10 heteroatoms. The molecule has 0 saturated heterocycles. The predicted molar refractivity (Wildman–Crippen MR) is 116 cm³/mol. The quantitative estimate of drug-likeness (QED) is 0.383. The highest BCUT2D eigenvalue weighted by Crippen LogP contribution is 2.24. The molecule has 4 rings (SSSR count). The van der Waals surface area contributed by atoms with E-state index in [1.165, 1.54) is 16.7 Å². The number of non-ortho nitro benzene ring substituents is 1. The maximum absolute atomic E-state index is 12.9. The van der Waals surface area contributed by atoms with Gasteiger partial charge in [-0.05, 0) is 49.4 Å². The van der Waals surface area contributed by atoms with Gasteiger partial charge in [0, 0.05) is 24.0 Å². The summed E-state index contributed by atoms with van der Waals surface area (Å²) in [5.74, 6) is -0.0370. The molecule has 2 aromatic carbocycles. The third-order valence-electron chi connectivity index (χ3n) is 4.60. The molecule has 0 spiro atoms. The molecule has 2 aromatic heterocycles. The van der Waals surface area contributed by atoms with Crippen LogP contribution in [0.15, 0.2) is 65.6 Å². The highest BCUT2D eigenvalue weighted by molar-refractivity contribution is 6.34. The topological polar surface area (TPSA) is 120 Å². The number of carbonyl (C=O) groups excluding carboxylic acids is 1. The molecule has 0 atom stereocenters. The van der Waals surface area contributed by atoms with E-state index in [1.54, 1.807) is 49.5 Å². The number of rotatable bonds is 4. The first kappa shape index (κ1) is 20.2. The van der Waals surface area contributed by atoms with Gasteiger partial charge in [0.2, 0.25) is 0 Å². The molecular formula is C21H14ClN5O4. The Kier molecular flexibility index (Phi) is 5.18. The van der Waals surface area contributed by atoms with Crippen molar-refractivity contribution in [1.29, 1.82) is 0 Å². The van der Waals surface area contributed by atoms with E-state index in [0.717, 1.165) is 6.07 Å². The third-order valence-corrected chi connectivity index (χ3v) is 4.92. The molecule has 0 aliphatic carbocycles. The Morgan fingerprint density at radius 3 is 2.58 bits per heavy atom. The number of aromatic nitrogens is 3. The van der Waals surface area contributed by atoms with Crippen LogP contribution in [0.25, 0.3) is 16.7 Å². The molecule has 0 saturated carbocycles. The number of carbonyl (C=O) groups is 1. The maximum atomic E-state index is 12.9. The molecule has 0 fully saturated rings. The minimum atomic E-state index is -0.589. The third kappa shape index (κ3) is 3.86. The molecule has 4 aromatic rings. The van der Waals surface area contributed by atoms with E-state index >= 15 is 0 Å². The average molecular weight is 436 g/mol. The highest BCUT2D eigenvalue weighted by atomic mass is 35.5. The number of nitrogens with one attached hydrogen (secondary N) is 1. The lowest BCUT2D eigenvalue weighted by Crippen LogP contribution is -2.22. The van der Waals surface area contributed by atoms with Crippen molar-refractivity contribution in [2.45, 2.75) is 6.92 Å². The SMILES string of the molecule is Cc1nc2ncccc2c(=O)n1-c1ccc(NC(=O)c2ccc([N+](=O)[O-])cc2Cl)cc1. The first-order chi connectivity index (χ1) is 14.8. The van der Waals surface area contributed by atoms with Crippen molar-refractivity contribution in [2.75, 3.05) is 5.32 Å². The van der Waals surface area contributed by atoms with Gasteiger partial charge in [-0.1, -0.05) is 11.6 Å². The van der Waals surface area contributed by atoms with Crippen LogP contribution in [0.1, 0.15) is 16.2 Å². The van der Waals surface area contributed by atoms with Gasteiger partial charge in [-0.25, -0.2) is 9.97 Å².